The fourth-order valence-corrected chi connectivity index (χ4v) is 4.27. The largest absolute Gasteiger partial charge is 0.490 e. The SMILES string of the molecule is CC(C)(O)COC(=N)/C=C(\N)C1(O)CC2C=C(B3OC(C)(C)C(C)(C)O3)CC2C1. The Kier molecular flexibility index (Phi) is 5.48. The van der Waals surface area contributed by atoms with Gasteiger partial charge in [0, 0.05) is 11.8 Å². The minimum absolute atomic E-state index is 0.0144. The zero-order chi connectivity index (χ0) is 21.8. The molecule has 1 saturated heterocycles. The van der Waals surface area contributed by atoms with Crippen molar-refractivity contribution in [3.05, 3.63) is 23.3 Å². The Balaban J connectivity index is 1.63. The molecule has 0 bridgehead atoms. The zero-order valence-corrected chi connectivity index (χ0v) is 18.4. The third kappa shape index (κ3) is 4.55. The van der Waals surface area contributed by atoms with Crippen molar-refractivity contribution in [2.24, 2.45) is 17.6 Å². The van der Waals surface area contributed by atoms with Gasteiger partial charge < -0.3 is 30.0 Å². The maximum Gasteiger partial charge on any atom is 0.490 e. The van der Waals surface area contributed by atoms with E-state index in [1.165, 1.54) is 6.08 Å². The molecular weight excluding hydrogens is 371 g/mol. The summed E-state index contributed by atoms with van der Waals surface area (Å²) in [7, 11) is -0.338. The Labute approximate surface area is 173 Å². The summed E-state index contributed by atoms with van der Waals surface area (Å²) in [4.78, 5) is 0. The number of hydrogen-bond donors (Lipinski definition) is 4. The predicted molar refractivity (Wildman–Crippen MR) is 112 cm³/mol. The van der Waals surface area contributed by atoms with Crippen LogP contribution in [0.4, 0.5) is 0 Å². The smallest absolute Gasteiger partial charge is 0.475 e. The average molecular weight is 406 g/mol. The summed E-state index contributed by atoms with van der Waals surface area (Å²) in [6, 6.07) is 0. The second-order valence-corrected chi connectivity index (χ2v) is 10.5. The van der Waals surface area contributed by atoms with E-state index in [4.69, 9.17) is 25.2 Å². The standard InChI is InChI=1S/C21H35BN2O5/c1-18(2,25)12-27-17(24)9-16(23)21(26)10-13-7-15(8-14(13)11-21)22-28-19(3,4)20(5,6)29-22/h7,9,13-14,24-26H,8,10-12,23H2,1-6H3/b16-9-,24-17?. The van der Waals surface area contributed by atoms with Gasteiger partial charge in [0.15, 0.2) is 0 Å². The summed E-state index contributed by atoms with van der Waals surface area (Å²) in [5.74, 6) is 0.309. The number of aliphatic hydroxyl groups is 2. The van der Waals surface area contributed by atoms with Crippen LogP contribution in [0.3, 0.4) is 0 Å². The van der Waals surface area contributed by atoms with E-state index in [0.29, 0.717) is 12.8 Å². The van der Waals surface area contributed by atoms with E-state index >= 15 is 0 Å². The molecular formula is C21H35BN2O5. The first-order valence-corrected chi connectivity index (χ1v) is 10.3. The topological polar surface area (TPSA) is 118 Å². The van der Waals surface area contributed by atoms with Gasteiger partial charge in [-0.2, -0.15) is 0 Å². The van der Waals surface area contributed by atoms with E-state index in [1.807, 2.05) is 27.7 Å². The fraction of sp³-hybridized carbons (Fsp3) is 0.762. The molecule has 1 saturated carbocycles. The highest BCUT2D eigenvalue weighted by Crippen LogP contribution is 2.51. The van der Waals surface area contributed by atoms with Crippen LogP contribution in [0.2, 0.25) is 0 Å². The Hall–Kier alpha value is -1.35. The first-order chi connectivity index (χ1) is 13.1. The van der Waals surface area contributed by atoms with Gasteiger partial charge in [0.25, 0.3) is 0 Å². The van der Waals surface area contributed by atoms with Crippen LogP contribution in [-0.4, -0.2) is 52.2 Å². The normalized spacial score (nSPS) is 33.6. The van der Waals surface area contributed by atoms with Crippen molar-refractivity contribution in [2.45, 2.75) is 83.2 Å². The summed E-state index contributed by atoms with van der Waals surface area (Å²) in [6.07, 6.45) is 5.36. The van der Waals surface area contributed by atoms with Crippen LogP contribution >= 0.6 is 0 Å². The maximum atomic E-state index is 11.1. The maximum absolute atomic E-state index is 11.1. The van der Waals surface area contributed by atoms with Crippen LogP contribution in [0.25, 0.3) is 0 Å². The minimum atomic E-state index is -1.16. The Morgan fingerprint density at radius 2 is 1.90 bits per heavy atom. The van der Waals surface area contributed by atoms with Crippen molar-refractivity contribution in [1.82, 2.24) is 0 Å². The summed E-state index contributed by atoms with van der Waals surface area (Å²) >= 11 is 0. The van der Waals surface area contributed by atoms with Crippen LogP contribution in [-0.2, 0) is 14.0 Å². The molecule has 0 spiro atoms. The van der Waals surface area contributed by atoms with Crippen LogP contribution in [0, 0.1) is 17.2 Å². The summed E-state index contributed by atoms with van der Waals surface area (Å²) < 4.78 is 17.6. The van der Waals surface area contributed by atoms with Gasteiger partial charge in [-0.25, -0.2) is 0 Å². The number of rotatable bonds is 5. The number of fused-ring (bicyclic) bond motifs is 1. The molecule has 0 aromatic rings. The number of hydrogen-bond acceptors (Lipinski definition) is 7. The lowest BCUT2D eigenvalue weighted by Crippen LogP contribution is -2.41. The molecule has 2 fully saturated rings. The number of nitrogens with one attached hydrogen (secondary N) is 1. The van der Waals surface area contributed by atoms with Gasteiger partial charge >= 0.3 is 7.12 Å². The molecule has 2 aliphatic carbocycles. The van der Waals surface area contributed by atoms with Crippen molar-refractivity contribution in [2.75, 3.05) is 6.61 Å². The molecule has 162 valence electrons. The lowest BCUT2D eigenvalue weighted by molar-refractivity contribution is 0.00578. The van der Waals surface area contributed by atoms with Gasteiger partial charge in [-0.1, -0.05) is 6.08 Å². The van der Waals surface area contributed by atoms with Gasteiger partial charge in [0.1, 0.15) is 12.2 Å². The lowest BCUT2D eigenvalue weighted by atomic mass is 9.76. The zero-order valence-electron chi connectivity index (χ0n) is 18.4. The Morgan fingerprint density at radius 3 is 2.41 bits per heavy atom. The van der Waals surface area contributed by atoms with Gasteiger partial charge in [0.05, 0.1) is 16.8 Å². The predicted octanol–water partition coefficient (Wildman–Crippen LogP) is 2.31. The molecule has 3 aliphatic rings. The molecule has 29 heavy (non-hydrogen) atoms. The van der Waals surface area contributed by atoms with Crippen LogP contribution in [0.1, 0.15) is 60.8 Å². The van der Waals surface area contributed by atoms with Crippen molar-refractivity contribution < 1.29 is 24.3 Å². The van der Waals surface area contributed by atoms with E-state index in [9.17, 15) is 10.2 Å². The van der Waals surface area contributed by atoms with Gasteiger partial charge in [-0.3, -0.25) is 5.41 Å². The highest BCUT2D eigenvalue weighted by Gasteiger charge is 2.55. The van der Waals surface area contributed by atoms with Crippen molar-refractivity contribution in [1.29, 1.82) is 5.41 Å². The van der Waals surface area contributed by atoms with Gasteiger partial charge in [0.2, 0.25) is 5.90 Å². The minimum Gasteiger partial charge on any atom is -0.475 e. The summed E-state index contributed by atoms with van der Waals surface area (Å²) in [5, 5.41) is 28.7. The third-order valence-corrected chi connectivity index (χ3v) is 6.67. The number of allylic oxidation sites excluding steroid dienone is 2. The molecule has 0 aromatic heterocycles. The molecule has 1 aliphatic heterocycles. The Morgan fingerprint density at radius 1 is 1.31 bits per heavy atom. The van der Waals surface area contributed by atoms with E-state index in [0.717, 1.165) is 11.9 Å². The lowest BCUT2D eigenvalue weighted by Gasteiger charge is -2.32. The van der Waals surface area contributed by atoms with Crippen molar-refractivity contribution in [3.8, 4) is 0 Å². The van der Waals surface area contributed by atoms with E-state index in [-0.39, 0.29) is 48.4 Å². The van der Waals surface area contributed by atoms with Crippen molar-refractivity contribution >= 4 is 13.0 Å². The quantitative estimate of drug-likeness (QED) is 0.316. The third-order valence-electron chi connectivity index (χ3n) is 6.67. The molecule has 0 aromatic carbocycles. The van der Waals surface area contributed by atoms with Crippen LogP contribution < -0.4 is 5.73 Å². The molecule has 5 N–H and O–H groups in total. The fourth-order valence-electron chi connectivity index (χ4n) is 4.27. The first kappa shape index (κ1) is 22.3. The van der Waals surface area contributed by atoms with Gasteiger partial charge in [-0.15, -0.1) is 0 Å². The molecule has 7 nitrogen and oxygen atoms in total. The van der Waals surface area contributed by atoms with Crippen LogP contribution in [0.15, 0.2) is 23.3 Å². The van der Waals surface area contributed by atoms with E-state index in [1.54, 1.807) is 13.8 Å². The molecule has 0 radical (unpaired) electrons. The number of ether oxygens (including phenoxy) is 1. The molecule has 3 unspecified atom stereocenters. The van der Waals surface area contributed by atoms with E-state index < -0.39 is 11.2 Å². The van der Waals surface area contributed by atoms with Crippen LogP contribution in [0.5, 0.6) is 0 Å². The first-order valence-electron chi connectivity index (χ1n) is 10.3. The summed E-state index contributed by atoms with van der Waals surface area (Å²) in [6.45, 7) is 11.4. The molecule has 0 amide bonds. The monoisotopic (exact) mass is 406 g/mol. The second-order valence-electron chi connectivity index (χ2n) is 10.5. The van der Waals surface area contributed by atoms with E-state index in [2.05, 4.69) is 6.08 Å². The van der Waals surface area contributed by atoms with Gasteiger partial charge in [-0.05, 0) is 78.1 Å². The molecule has 1 heterocycles. The highest BCUT2D eigenvalue weighted by atomic mass is 16.7. The number of nitrogens with two attached hydrogens (primary N) is 1. The Bertz CT molecular complexity index is 724. The van der Waals surface area contributed by atoms with Crippen molar-refractivity contribution in [3.63, 3.8) is 0 Å². The average Bonchev–Trinajstić information content (AvgIpc) is 3.13. The second kappa shape index (κ2) is 7.12. The molecule has 3 rings (SSSR count). The molecule has 3 atom stereocenters. The highest BCUT2D eigenvalue weighted by molar-refractivity contribution is 6.54. The summed E-state index contributed by atoms with van der Waals surface area (Å²) in [5.41, 5.74) is 4.59. The molecule has 8 heteroatoms.